The van der Waals surface area contributed by atoms with E-state index in [9.17, 15) is 5.11 Å². The summed E-state index contributed by atoms with van der Waals surface area (Å²) < 4.78 is 48.8. The largest absolute Gasteiger partial charge is 0.385 e. The molecule has 220 valence electrons. The molecule has 4 rings (SSSR count). The Morgan fingerprint density at radius 2 is 1.23 bits per heavy atom. The number of rotatable bonds is 13. The molecule has 10 atom stereocenters. The van der Waals surface area contributed by atoms with E-state index in [1.807, 2.05) is 74.5 Å². The van der Waals surface area contributed by atoms with Gasteiger partial charge in [-0.1, -0.05) is 66.7 Å². The van der Waals surface area contributed by atoms with Gasteiger partial charge in [-0.25, -0.2) is 0 Å². The molecule has 2 aliphatic heterocycles. The molecule has 0 spiro atoms. The van der Waals surface area contributed by atoms with Gasteiger partial charge in [-0.05, 0) is 25.0 Å². The second kappa shape index (κ2) is 15.2. The van der Waals surface area contributed by atoms with Crippen molar-refractivity contribution in [2.24, 2.45) is 0 Å². The van der Waals surface area contributed by atoms with Crippen molar-refractivity contribution in [1.82, 2.24) is 0 Å². The Labute approximate surface area is 236 Å². The lowest BCUT2D eigenvalue weighted by Crippen LogP contribution is -2.64. The van der Waals surface area contributed by atoms with Gasteiger partial charge in [-0.15, -0.1) is 6.58 Å². The second-order valence-corrected chi connectivity index (χ2v) is 10.1. The van der Waals surface area contributed by atoms with Crippen LogP contribution in [0.2, 0.25) is 0 Å². The highest BCUT2D eigenvalue weighted by atomic mass is 16.7. The molecular formula is C31H42O9. The summed E-state index contributed by atoms with van der Waals surface area (Å²) in [6, 6.07) is 19.7. The average molecular weight is 559 g/mol. The number of ether oxygens (including phenoxy) is 8. The maximum absolute atomic E-state index is 11.4. The summed E-state index contributed by atoms with van der Waals surface area (Å²) in [5, 5.41) is 11.4. The van der Waals surface area contributed by atoms with E-state index in [-0.39, 0.29) is 6.61 Å². The fourth-order valence-corrected chi connectivity index (χ4v) is 5.19. The number of aliphatic hydroxyl groups is 1. The van der Waals surface area contributed by atoms with Crippen molar-refractivity contribution in [3.05, 3.63) is 84.4 Å². The van der Waals surface area contributed by atoms with Crippen LogP contribution in [-0.2, 0) is 51.1 Å². The quantitative estimate of drug-likeness (QED) is 0.370. The highest BCUT2D eigenvalue weighted by Crippen LogP contribution is 2.34. The molecule has 2 aromatic carbocycles. The Bertz CT molecular complexity index is 1010. The zero-order chi connectivity index (χ0) is 28.5. The summed E-state index contributed by atoms with van der Waals surface area (Å²) in [5.41, 5.74) is 2.02. The zero-order valence-electron chi connectivity index (χ0n) is 23.7. The van der Waals surface area contributed by atoms with Gasteiger partial charge < -0.3 is 43.0 Å². The predicted molar refractivity (Wildman–Crippen MR) is 147 cm³/mol. The lowest BCUT2D eigenvalue weighted by atomic mass is 9.96. The molecule has 0 unspecified atom stereocenters. The molecule has 0 radical (unpaired) electrons. The first-order valence-electron chi connectivity index (χ1n) is 13.7. The van der Waals surface area contributed by atoms with Crippen molar-refractivity contribution in [1.29, 1.82) is 0 Å². The van der Waals surface area contributed by atoms with Crippen LogP contribution in [0.3, 0.4) is 0 Å². The molecule has 0 aliphatic carbocycles. The number of aliphatic hydroxyl groups excluding tert-OH is 1. The van der Waals surface area contributed by atoms with Crippen LogP contribution >= 0.6 is 0 Å². The fraction of sp³-hybridized carbons (Fsp3) is 0.548. The molecule has 40 heavy (non-hydrogen) atoms. The SMILES string of the molecule is C=CCO[C@H]1[C@H](OC)O[C@@H](C)[C@H](OCc2ccccc2)[C@H]1O[C@@H]1O[C@@H](C)[C@H](OCc2ccccc2)[C@@H](OC)[C@H]1O. The maximum Gasteiger partial charge on any atom is 0.187 e. The minimum Gasteiger partial charge on any atom is -0.385 e. The van der Waals surface area contributed by atoms with Crippen molar-refractivity contribution in [3.8, 4) is 0 Å². The maximum atomic E-state index is 11.4. The van der Waals surface area contributed by atoms with Gasteiger partial charge in [0.25, 0.3) is 0 Å². The van der Waals surface area contributed by atoms with E-state index in [4.69, 9.17) is 37.9 Å². The van der Waals surface area contributed by atoms with E-state index in [0.717, 1.165) is 11.1 Å². The van der Waals surface area contributed by atoms with Crippen molar-refractivity contribution >= 4 is 0 Å². The monoisotopic (exact) mass is 558 g/mol. The highest BCUT2D eigenvalue weighted by Gasteiger charge is 2.52. The summed E-state index contributed by atoms with van der Waals surface area (Å²) >= 11 is 0. The summed E-state index contributed by atoms with van der Waals surface area (Å²) in [7, 11) is 3.09. The van der Waals surface area contributed by atoms with Crippen molar-refractivity contribution in [2.45, 2.75) is 88.5 Å². The van der Waals surface area contributed by atoms with Gasteiger partial charge in [0.15, 0.2) is 12.6 Å². The summed E-state index contributed by atoms with van der Waals surface area (Å²) in [4.78, 5) is 0. The molecule has 1 N–H and O–H groups in total. The van der Waals surface area contributed by atoms with Gasteiger partial charge in [0.1, 0.15) is 36.6 Å². The third-order valence-corrected chi connectivity index (χ3v) is 7.25. The van der Waals surface area contributed by atoms with Crippen LogP contribution in [0.4, 0.5) is 0 Å². The van der Waals surface area contributed by atoms with Gasteiger partial charge in [0.2, 0.25) is 0 Å². The van der Waals surface area contributed by atoms with E-state index in [1.54, 1.807) is 20.3 Å². The lowest BCUT2D eigenvalue weighted by Gasteiger charge is -2.48. The Balaban J connectivity index is 1.52. The molecule has 2 aromatic rings. The van der Waals surface area contributed by atoms with Gasteiger partial charge in [0.05, 0.1) is 32.0 Å². The van der Waals surface area contributed by atoms with Crippen LogP contribution in [0.15, 0.2) is 73.3 Å². The molecule has 0 saturated carbocycles. The van der Waals surface area contributed by atoms with Crippen molar-refractivity contribution in [3.63, 3.8) is 0 Å². The van der Waals surface area contributed by atoms with Crippen LogP contribution in [0.5, 0.6) is 0 Å². The first-order valence-corrected chi connectivity index (χ1v) is 13.7. The molecule has 2 heterocycles. The highest BCUT2D eigenvalue weighted by molar-refractivity contribution is 5.14. The molecule has 0 bridgehead atoms. The van der Waals surface area contributed by atoms with Crippen molar-refractivity contribution in [2.75, 3.05) is 20.8 Å². The Hall–Kier alpha value is -2.18. The Morgan fingerprint density at radius 3 is 1.73 bits per heavy atom. The molecule has 9 heteroatoms. The topological polar surface area (TPSA) is 94.1 Å². The minimum atomic E-state index is -1.14. The minimum absolute atomic E-state index is 0.244. The second-order valence-electron chi connectivity index (χ2n) is 10.1. The average Bonchev–Trinajstić information content (AvgIpc) is 2.98. The standard InChI is InChI=1S/C31H42O9/c1-6-17-35-29-28(26(21(3)39-31(29)34-5)37-19-23-15-11-8-12-16-23)40-30-24(32)27(33-4)25(20(2)38-30)36-18-22-13-9-7-10-14-22/h6-16,20-21,24-32H,1,17-19H2,2-5H3/t20-,21-,24+,25-,26-,27-,28+,29+,30-,31+/m0/s1. The summed E-state index contributed by atoms with van der Waals surface area (Å²) in [5.74, 6) is 0. The van der Waals surface area contributed by atoms with Crippen LogP contribution in [0, 0.1) is 0 Å². The van der Waals surface area contributed by atoms with Gasteiger partial charge in [0, 0.05) is 14.2 Å². The van der Waals surface area contributed by atoms with Crippen molar-refractivity contribution < 1.29 is 43.0 Å². The van der Waals surface area contributed by atoms with Crippen LogP contribution in [0.25, 0.3) is 0 Å². The molecule has 2 aliphatic rings. The van der Waals surface area contributed by atoms with Gasteiger partial charge in [-0.3, -0.25) is 0 Å². The van der Waals surface area contributed by atoms with Crippen LogP contribution in [-0.4, -0.2) is 87.3 Å². The molecule has 2 fully saturated rings. The Morgan fingerprint density at radius 1 is 0.700 bits per heavy atom. The normalized spacial score (nSPS) is 34.4. The first kappa shape index (κ1) is 30.8. The van der Waals surface area contributed by atoms with E-state index >= 15 is 0 Å². The Kier molecular flexibility index (Phi) is 11.7. The third kappa shape index (κ3) is 7.55. The number of methoxy groups -OCH3 is 2. The number of hydrogen-bond donors (Lipinski definition) is 1. The first-order chi connectivity index (χ1) is 19.5. The molecule has 9 nitrogen and oxygen atoms in total. The number of hydrogen-bond acceptors (Lipinski definition) is 9. The number of benzene rings is 2. The molecular weight excluding hydrogens is 516 g/mol. The third-order valence-electron chi connectivity index (χ3n) is 7.25. The van der Waals surface area contributed by atoms with Gasteiger partial charge in [-0.2, -0.15) is 0 Å². The smallest absolute Gasteiger partial charge is 0.187 e. The summed E-state index contributed by atoms with van der Waals surface area (Å²) in [6.07, 6.45) is -5.25. The molecule has 2 saturated heterocycles. The summed E-state index contributed by atoms with van der Waals surface area (Å²) in [6.45, 7) is 8.48. The van der Waals surface area contributed by atoms with E-state index in [1.165, 1.54) is 0 Å². The fourth-order valence-electron chi connectivity index (χ4n) is 5.19. The zero-order valence-corrected chi connectivity index (χ0v) is 23.7. The molecule has 0 aromatic heterocycles. The van der Waals surface area contributed by atoms with Crippen LogP contribution < -0.4 is 0 Å². The predicted octanol–water partition coefficient (Wildman–Crippen LogP) is 3.63. The van der Waals surface area contributed by atoms with E-state index in [0.29, 0.717) is 13.2 Å². The lowest BCUT2D eigenvalue weighted by molar-refractivity contribution is -0.363. The van der Waals surface area contributed by atoms with E-state index in [2.05, 4.69) is 6.58 Å². The van der Waals surface area contributed by atoms with E-state index < -0.39 is 61.4 Å². The van der Waals surface area contributed by atoms with Crippen LogP contribution in [0.1, 0.15) is 25.0 Å². The molecule has 0 amide bonds. The van der Waals surface area contributed by atoms with Gasteiger partial charge >= 0.3 is 0 Å².